The van der Waals surface area contributed by atoms with Crippen molar-refractivity contribution in [3.05, 3.63) is 58.1 Å². The Morgan fingerprint density at radius 3 is 2.65 bits per heavy atom. The summed E-state index contributed by atoms with van der Waals surface area (Å²) in [5, 5.41) is 10.1. The number of fused-ring (bicyclic) bond motifs is 1. The first kappa shape index (κ1) is 16.0. The van der Waals surface area contributed by atoms with E-state index in [0.29, 0.717) is 23.5 Å². The van der Waals surface area contributed by atoms with Crippen LogP contribution in [-0.2, 0) is 6.42 Å². The molecule has 0 amide bonds. The molecule has 0 saturated heterocycles. The molecular formula is C18H17BrO4. The number of carbonyl (C=O) groups is 1. The van der Waals surface area contributed by atoms with Gasteiger partial charge in [-0.2, -0.15) is 0 Å². The van der Waals surface area contributed by atoms with E-state index in [2.05, 4.69) is 15.9 Å². The van der Waals surface area contributed by atoms with Gasteiger partial charge >= 0.3 is 5.97 Å². The predicted octanol–water partition coefficient (Wildman–Crippen LogP) is 3.74. The molecule has 1 atom stereocenters. The van der Waals surface area contributed by atoms with E-state index in [1.807, 2.05) is 19.9 Å². The van der Waals surface area contributed by atoms with Crippen molar-refractivity contribution in [2.45, 2.75) is 32.0 Å². The van der Waals surface area contributed by atoms with Gasteiger partial charge in [-0.15, -0.1) is 0 Å². The third-order valence-corrected chi connectivity index (χ3v) is 4.45. The van der Waals surface area contributed by atoms with Gasteiger partial charge in [0.05, 0.1) is 11.7 Å². The molecule has 0 aromatic heterocycles. The van der Waals surface area contributed by atoms with Crippen molar-refractivity contribution in [3.63, 3.8) is 0 Å². The molecule has 0 spiro atoms. The van der Waals surface area contributed by atoms with Gasteiger partial charge < -0.3 is 14.6 Å². The van der Waals surface area contributed by atoms with Gasteiger partial charge in [0, 0.05) is 17.0 Å². The summed E-state index contributed by atoms with van der Waals surface area (Å²) in [5.74, 6) is 0.637. The molecule has 4 nitrogen and oxygen atoms in total. The Hall–Kier alpha value is -1.85. The van der Waals surface area contributed by atoms with Gasteiger partial charge in [0.2, 0.25) is 0 Å². The summed E-state index contributed by atoms with van der Waals surface area (Å²) in [5.41, 5.74) is 0.712. The van der Waals surface area contributed by atoms with Crippen molar-refractivity contribution in [1.82, 2.24) is 0 Å². The Kier molecular flexibility index (Phi) is 4.17. The Balaban J connectivity index is 1.80. The van der Waals surface area contributed by atoms with Crippen molar-refractivity contribution in [2.24, 2.45) is 0 Å². The molecule has 23 heavy (non-hydrogen) atoms. The maximum atomic E-state index is 12.2. The molecule has 1 unspecified atom stereocenters. The number of halogens is 1. The maximum Gasteiger partial charge on any atom is 0.343 e. The molecule has 5 heteroatoms. The first-order valence-corrected chi connectivity index (χ1v) is 8.12. The van der Waals surface area contributed by atoms with Crippen LogP contribution in [0.2, 0.25) is 0 Å². The van der Waals surface area contributed by atoms with Crippen LogP contribution in [0.1, 0.15) is 29.8 Å². The highest BCUT2D eigenvalue weighted by Gasteiger charge is 2.35. The summed E-state index contributed by atoms with van der Waals surface area (Å²) >= 11 is 3.33. The van der Waals surface area contributed by atoms with Crippen LogP contribution in [0.25, 0.3) is 0 Å². The number of esters is 1. The van der Waals surface area contributed by atoms with Crippen molar-refractivity contribution >= 4 is 21.9 Å². The molecule has 2 aromatic carbocycles. The Bertz CT molecular complexity index is 737. The second-order valence-electron chi connectivity index (χ2n) is 6.09. The summed E-state index contributed by atoms with van der Waals surface area (Å²) in [6.45, 7) is 3.67. The Morgan fingerprint density at radius 1 is 1.26 bits per heavy atom. The molecule has 0 radical (unpaired) electrons. The highest BCUT2D eigenvalue weighted by atomic mass is 79.9. The molecule has 0 bridgehead atoms. The SMILES string of the molecule is CC1(C)Oc2cc(OC(=O)c3ccc(Br)cc3)ccc2CC1O. The van der Waals surface area contributed by atoms with Crippen LogP contribution < -0.4 is 9.47 Å². The number of hydrogen-bond acceptors (Lipinski definition) is 4. The maximum absolute atomic E-state index is 12.2. The molecule has 0 fully saturated rings. The summed E-state index contributed by atoms with van der Waals surface area (Å²) < 4.78 is 12.1. The van der Waals surface area contributed by atoms with Crippen LogP contribution in [0.5, 0.6) is 11.5 Å². The lowest BCUT2D eigenvalue weighted by atomic mass is 9.91. The fourth-order valence-corrected chi connectivity index (χ4v) is 2.68. The van der Waals surface area contributed by atoms with Gasteiger partial charge in [0.25, 0.3) is 0 Å². The first-order chi connectivity index (χ1) is 10.8. The average Bonchev–Trinajstić information content (AvgIpc) is 2.49. The number of carbonyl (C=O) groups excluding carboxylic acids is 1. The molecule has 1 heterocycles. The topological polar surface area (TPSA) is 55.8 Å². The van der Waals surface area contributed by atoms with E-state index >= 15 is 0 Å². The van der Waals surface area contributed by atoms with Crippen LogP contribution in [0.15, 0.2) is 46.9 Å². The highest BCUT2D eigenvalue weighted by Crippen LogP contribution is 2.35. The van der Waals surface area contributed by atoms with Gasteiger partial charge in [-0.05, 0) is 49.7 Å². The molecule has 0 saturated carbocycles. The standard InChI is InChI=1S/C18H17BrO4/c1-18(2)16(20)9-12-5-8-14(10-15(12)23-18)22-17(21)11-3-6-13(19)7-4-11/h3-8,10,16,20H,9H2,1-2H3. The lowest BCUT2D eigenvalue weighted by Gasteiger charge is -2.37. The minimum atomic E-state index is -0.665. The average molecular weight is 377 g/mol. The van der Waals surface area contributed by atoms with E-state index in [1.165, 1.54) is 0 Å². The predicted molar refractivity (Wildman–Crippen MR) is 90.0 cm³/mol. The molecule has 1 aliphatic heterocycles. The molecule has 1 aliphatic rings. The van der Waals surface area contributed by atoms with Gasteiger partial charge in [-0.1, -0.05) is 22.0 Å². The number of benzene rings is 2. The largest absolute Gasteiger partial charge is 0.485 e. The molecule has 1 N–H and O–H groups in total. The highest BCUT2D eigenvalue weighted by molar-refractivity contribution is 9.10. The van der Waals surface area contributed by atoms with E-state index < -0.39 is 17.7 Å². The second kappa shape index (κ2) is 5.98. The summed E-state index contributed by atoms with van der Waals surface area (Å²) in [6, 6.07) is 12.2. The minimum Gasteiger partial charge on any atom is -0.485 e. The number of hydrogen-bond donors (Lipinski definition) is 1. The van der Waals surface area contributed by atoms with E-state index in [-0.39, 0.29) is 0 Å². The third-order valence-electron chi connectivity index (χ3n) is 3.92. The Labute approximate surface area is 143 Å². The van der Waals surface area contributed by atoms with Gasteiger partial charge in [0.1, 0.15) is 17.1 Å². The summed E-state index contributed by atoms with van der Waals surface area (Å²) in [4.78, 5) is 12.2. The zero-order valence-electron chi connectivity index (χ0n) is 12.9. The molecule has 120 valence electrons. The number of ether oxygens (including phenoxy) is 2. The molecular weight excluding hydrogens is 360 g/mol. The van der Waals surface area contributed by atoms with E-state index in [9.17, 15) is 9.90 Å². The normalized spacial score (nSPS) is 18.7. The minimum absolute atomic E-state index is 0.420. The number of aliphatic hydroxyl groups excluding tert-OH is 1. The smallest absolute Gasteiger partial charge is 0.343 e. The third kappa shape index (κ3) is 3.41. The van der Waals surface area contributed by atoms with E-state index in [0.717, 1.165) is 10.0 Å². The van der Waals surface area contributed by atoms with E-state index in [1.54, 1.807) is 36.4 Å². The molecule has 3 rings (SSSR count). The Morgan fingerprint density at radius 2 is 1.96 bits per heavy atom. The lowest BCUT2D eigenvalue weighted by Crippen LogP contribution is -2.46. The second-order valence-corrected chi connectivity index (χ2v) is 7.01. The van der Waals surface area contributed by atoms with Crippen LogP contribution >= 0.6 is 15.9 Å². The number of rotatable bonds is 2. The lowest BCUT2D eigenvalue weighted by molar-refractivity contribution is -0.0412. The zero-order valence-corrected chi connectivity index (χ0v) is 14.5. The zero-order chi connectivity index (χ0) is 16.6. The van der Waals surface area contributed by atoms with Crippen LogP contribution in [-0.4, -0.2) is 22.8 Å². The molecule has 2 aromatic rings. The van der Waals surface area contributed by atoms with Crippen molar-refractivity contribution < 1.29 is 19.4 Å². The fraction of sp³-hybridized carbons (Fsp3) is 0.278. The first-order valence-electron chi connectivity index (χ1n) is 7.33. The van der Waals surface area contributed by atoms with Crippen LogP contribution in [0.3, 0.4) is 0 Å². The summed E-state index contributed by atoms with van der Waals surface area (Å²) in [6.07, 6.45) is -0.0466. The van der Waals surface area contributed by atoms with Gasteiger partial charge in [-0.3, -0.25) is 0 Å². The van der Waals surface area contributed by atoms with Crippen LogP contribution in [0.4, 0.5) is 0 Å². The van der Waals surface area contributed by atoms with Gasteiger partial charge in [0.15, 0.2) is 0 Å². The van der Waals surface area contributed by atoms with E-state index in [4.69, 9.17) is 9.47 Å². The fourth-order valence-electron chi connectivity index (χ4n) is 2.42. The molecule has 0 aliphatic carbocycles. The van der Waals surface area contributed by atoms with Crippen molar-refractivity contribution in [3.8, 4) is 11.5 Å². The van der Waals surface area contributed by atoms with Gasteiger partial charge in [-0.25, -0.2) is 4.79 Å². The summed E-state index contributed by atoms with van der Waals surface area (Å²) in [7, 11) is 0. The van der Waals surface area contributed by atoms with Crippen molar-refractivity contribution in [1.29, 1.82) is 0 Å². The monoisotopic (exact) mass is 376 g/mol. The quantitative estimate of drug-likeness (QED) is 0.640. The number of aliphatic hydroxyl groups is 1. The van der Waals surface area contributed by atoms with Crippen LogP contribution in [0, 0.1) is 0 Å². The van der Waals surface area contributed by atoms with Crippen molar-refractivity contribution in [2.75, 3.05) is 0 Å².